The molecule has 0 aromatic rings. The second-order valence-corrected chi connectivity index (χ2v) is 12.5. The van der Waals surface area contributed by atoms with E-state index in [2.05, 4.69) is 39.1 Å². The summed E-state index contributed by atoms with van der Waals surface area (Å²) in [6.45, 7) is 10.9. The Balaban J connectivity index is 1.29. The molecule has 0 bridgehead atoms. The number of nitrogens with one attached hydrogen (secondary N) is 1. The normalized spacial score (nSPS) is 51.7. The number of fused-ring (bicyclic) bond motifs is 6. The zero-order valence-electron chi connectivity index (χ0n) is 20.0. The van der Waals surface area contributed by atoms with Crippen LogP contribution in [-0.2, 0) is 9.53 Å². The predicted molar refractivity (Wildman–Crippen MR) is 124 cm³/mol. The zero-order chi connectivity index (χ0) is 21.5. The molecule has 0 amide bonds. The minimum Gasteiger partial charge on any atom is -0.369 e. The van der Waals surface area contributed by atoms with Crippen molar-refractivity contribution >= 4 is 5.78 Å². The third-order valence-electron chi connectivity index (χ3n) is 10.9. The molecular formula is C28H41NO2. The van der Waals surface area contributed by atoms with Crippen LogP contribution in [0.3, 0.4) is 0 Å². The first kappa shape index (κ1) is 20.7. The third kappa shape index (κ3) is 2.94. The van der Waals surface area contributed by atoms with Crippen LogP contribution in [0.1, 0.15) is 85.5 Å². The minimum absolute atomic E-state index is 0.0418. The second kappa shape index (κ2) is 7.03. The molecule has 3 heteroatoms. The van der Waals surface area contributed by atoms with E-state index >= 15 is 0 Å². The first-order valence-electron chi connectivity index (χ1n) is 13.1. The van der Waals surface area contributed by atoms with Crippen molar-refractivity contribution in [2.75, 3.05) is 6.54 Å². The summed E-state index contributed by atoms with van der Waals surface area (Å²) in [4.78, 5) is 12.1. The molecule has 2 heterocycles. The molecular weight excluding hydrogens is 382 g/mol. The molecule has 0 unspecified atom stereocenters. The van der Waals surface area contributed by atoms with Gasteiger partial charge in [-0.3, -0.25) is 4.79 Å². The van der Waals surface area contributed by atoms with Gasteiger partial charge in [-0.1, -0.05) is 43.6 Å². The van der Waals surface area contributed by atoms with Crippen LogP contribution in [0.25, 0.3) is 0 Å². The largest absolute Gasteiger partial charge is 0.369 e. The van der Waals surface area contributed by atoms with Crippen molar-refractivity contribution in [3.8, 4) is 0 Å². The van der Waals surface area contributed by atoms with Crippen molar-refractivity contribution in [2.45, 2.75) is 103 Å². The maximum atomic E-state index is 12.1. The Kier molecular flexibility index (Phi) is 4.69. The molecule has 0 radical (unpaired) electrons. The van der Waals surface area contributed by atoms with Crippen molar-refractivity contribution in [2.24, 2.45) is 35.0 Å². The quantitative estimate of drug-likeness (QED) is 0.515. The average molecular weight is 424 g/mol. The van der Waals surface area contributed by atoms with E-state index in [0.29, 0.717) is 23.8 Å². The summed E-state index contributed by atoms with van der Waals surface area (Å²) in [6, 6.07) is 0.540. The first-order chi connectivity index (χ1) is 14.8. The number of carbonyl (C=O) groups excluding carboxylic acids is 1. The van der Waals surface area contributed by atoms with Crippen LogP contribution in [0.4, 0.5) is 0 Å². The Morgan fingerprint density at radius 2 is 2.06 bits per heavy atom. The van der Waals surface area contributed by atoms with Crippen LogP contribution in [0.5, 0.6) is 0 Å². The summed E-state index contributed by atoms with van der Waals surface area (Å²) in [7, 11) is 0. The van der Waals surface area contributed by atoms with E-state index in [1.54, 1.807) is 11.1 Å². The van der Waals surface area contributed by atoms with Crippen LogP contribution in [0, 0.1) is 35.0 Å². The van der Waals surface area contributed by atoms with Gasteiger partial charge in [-0.25, -0.2) is 0 Å². The lowest BCUT2D eigenvalue weighted by Crippen LogP contribution is -2.48. The lowest BCUT2D eigenvalue weighted by molar-refractivity contribution is -0.121. The van der Waals surface area contributed by atoms with Gasteiger partial charge in [-0.15, -0.1) is 0 Å². The second-order valence-electron chi connectivity index (χ2n) is 12.5. The van der Waals surface area contributed by atoms with E-state index in [0.717, 1.165) is 55.9 Å². The van der Waals surface area contributed by atoms with Crippen molar-refractivity contribution < 1.29 is 9.53 Å². The molecule has 0 aromatic carbocycles. The first-order valence-corrected chi connectivity index (χ1v) is 13.1. The average Bonchev–Trinajstić information content (AvgIpc) is 3.19. The molecule has 2 aliphatic heterocycles. The molecule has 170 valence electrons. The van der Waals surface area contributed by atoms with Crippen molar-refractivity contribution in [3.05, 3.63) is 22.8 Å². The fourth-order valence-corrected chi connectivity index (χ4v) is 9.04. The molecule has 0 aromatic heterocycles. The van der Waals surface area contributed by atoms with Gasteiger partial charge in [0.15, 0.2) is 0 Å². The number of hydrogen-bond donors (Lipinski definition) is 1. The van der Waals surface area contributed by atoms with E-state index in [9.17, 15) is 4.79 Å². The topological polar surface area (TPSA) is 38.3 Å². The van der Waals surface area contributed by atoms with Crippen molar-refractivity contribution in [3.63, 3.8) is 0 Å². The summed E-state index contributed by atoms with van der Waals surface area (Å²) in [5, 5.41) is 3.85. The van der Waals surface area contributed by atoms with Gasteiger partial charge in [0.05, 0.1) is 11.7 Å². The Hall–Kier alpha value is -0.930. The Morgan fingerprint density at radius 1 is 1.23 bits per heavy atom. The molecule has 4 fully saturated rings. The molecule has 3 nitrogen and oxygen atoms in total. The Labute approximate surface area is 188 Å². The van der Waals surface area contributed by atoms with E-state index in [1.807, 2.05) is 0 Å². The summed E-state index contributed by atoms with van der Waals surface area (Å²) >= 11 is 0. The fraction of sp³-hybridized carbons (Fsp3) is 0.821. The van der Waals surface area contributed by atoms with Crippen LogP contribution in [0.15, 0.2) is 22.8 Å². The SMILES string of the molecule is CC1=C2C[C@H]3[C@@H](CC=C4CC(=O)CC[C@@]43C)[C@@H]2CC[C@@]2(C1)O[C@@H]1C[C@H](C)CN[C@H]1[C@H]2C. The van der Waals surface area contributed by atoms with Gasteiger partial charge in [0.25, 0.3) is 0 Å². The predicted octanol–water partition coefficient (Wildman–Crippen LogP) is 5.60. The van der Waals surface area contributed by atoms with Crippen LogP contribution in [-0.4, -0.2) is 30.1 Å². The summed E-state index contributed by atoms with van der Waals surface area (Å²) in [5.41, 5.74) is 5.22. The smallest absolute Gasteiger partial charge is 0.136 e. The van der Waals surface area contributed by atoms with Crippen LogP contribution in [0.2, 0.25) is 0 Å². The standard InChI is InChI=1S/C28H41NO2/c1-16-11-25-26(29-15-16)18(3)28(31-25)10-8-21-22-6-5-19-12-20(30)7-9-27(19,4)24(22)13-23(21)17(2)14-28/h5,16,18,21-22,24-26,29H,6-15H2,1-4H3/t16-,18+,21-,22-,24-,25+,26-,27-,28-/m0/s1. The van der Waals surface area contributed by atoms with Crippen LogP contribution < -0.4 is 5.32 Å². The van der Waals surface area contributed by atoms with Crippen molar-refractivity contribution in [1.29, 1.82) is 0 Å². The highest BCUT2D eigenvalue weighted by Gasteiger charge is 2.58. The highest BCUT2D eigenvalue weighted by Crippen LogP contribution is 2.63. The number of allylic oxidation sites excluding steroid dienone is 3. The van der Waals surface area contributed by atoms with Gasteiger partial charge < -0.3 is 10.1 Å². The van der Waals surface area contributed by atoms with E-state index < -0.39 is 0 Å². The number of hydrogen-bond acceptors (Lipinski definition) is 3. The van der Waals surface area contributed by atoms with E-state index in [-0.39, 0.29) is 11.0 Å². The number of ketones is 1. The molecule has 4 aliphatic carbocycles. The molecule has 31 heavy (non-hydrogen) atoms. The monoisotopic (exact) mass is 423 g/mol. The number of ether oxygens (including phenoxy) is 1. The third-order valence-corrected chi connectivity index (χ3v) is 10.9. The van der Waals surface area contributed by atoms with Gasteiger partial charge in [0.1, 0.15) is 5.78 Å². The number of Topliss-reactive ketones (excluding diaryl/α,β-unsaturated/α-hetero) is 1. The summed E-state index contributed by atoms with van der Waals surface area (Å²) in [6.07, 6.45) is 12.8. The van der Waals surface area contributed by atoms with Gasteiger partial charge in [-0.05, 0) is 87.5 Å². The van der Waals surface area contributed by atoms with E-state index in [1.165, 1.54) is 37.7 Å². The van der Waals surface area contributed by atoms with Gasteiger partial charge >= 0.3 is 0 Å². The molecule has 1 spiro atoms. The highest BCUT2D eigenvalue weighted by molar-refractivity contribution is 5.82. The number of rotatable bonds is 0. The molecule has 6 rings (SSSR count). The van der Waals surface area contributed by atoms with Gasteiger partial charge in [0, 0.05) is 24.8 Å². The maximum Gasteiger partial charge on any atom is 0.136 e. The fourth-order valence-electron chi connectivity index (χ4n) is 9.04. The summed E-state index contributed by atoms with van der Waals surface area (Å²) in [5.74, 6) is 4.04. The lowest BCUT2D eigenvalue weighted by Gasteiger charge is -2.47. The molecule has 2 saturated carbocycles. The number of carbonyl (C=O) groups is 1. The van der Waals surface area contributed by atoms with Crippen molar-refractivity contribution in [1.82, 2.24) is 5.32 Å². The minimum atomic E-state index is 0.0418. The molecule has 1 N–H and O–H groups in total. The van der Waals surface area contributed by atoms with Gasteiger partial charge in [-0.2, -0.15) is 0 Å². The molecule has 6 aliphatic rings. The Morgan fingerprint density at radius 3 is 2.90 bits per heavy atom. The van der Waals surface area contributed by atoms with Gasteiger partial charge in [0.2, 0.25) is 0 Å². The Bertz CT molecular complexity index is 857. The number of piperidine rings is 1. The zero-order valence-corrected chi connectivity index (χ0v) is 20.0. The highest BCUT2D eigenvalue weighted by atomic mass is 16.5. The van der Waals surface area contributed by atoms with Crippen LogP contribution >= 0.6 is 0 Å². The lowest BCUT2D eigenvalue weighted by atomic mass is 9.57. The van der Waals surface area contributed by atoms with E-state index in [4.69, 9.17) is 4.74 Å². The maximum absolute atomic E-state index is 12.1. The molecule has 2 saturated heterocycles. The summed E-state index contributed by atoms with van der Waals surface area (Å²) < 4.78 is 7.00. The molecule has 9 atom stereocenters.